The summed E-state index contributed by atoms with van der Waals surface area (Å²) >= 11 is 6.06. The molecule has 1 aliphatic carbocycles. The van der Waals surface area contributed by atoms with E-state index in [4.69, 9.17) is 27.1 Å². The first-order valence-corrected chi connectivity index (χ1v) is 9.03. The summed E-state index contributed by atoms with van der Waals surface area (Å²) in [6.07, 6.45) is 1.26. The maximum Gasteiger partial charge on any atom is 0.250 e. The molecular weight excluding hydrogens is 357 g/mol. The molecule has 0 spiro atoms. The van der Waals surface area contributed by atoms with Crippen LogP contribution in [0.5, 0.6) is 0 Å². The lowest BCUT2D eigenvalue weighted by Crippen LogP contribution is -2.37. The Morgan fingerprint density at radius 3 is 2.81 bits per heavy atom. The highest BCUT2D eigenvalue weighted by Gasteiger charge is 2.31. The molecule has 136 valence electrons. The molecule has 2 heterocycles. The number of hydrogen-bond donors (Lipinski definition) is 1. The summed E-state index contributed by atoms with van der Waals surface area (Å²) in [6.45, 7) is 2.76. The number of anilines is 1. The predicted octanol–water partition coefficient (Wildman–Crippen LogP) is 2.89. The standard InChI is InChI=1S/C19H19ClFN3O2/c20-11-9-15-12(16(21)10-11)1-2-13(15)18-14(19(22)25)3-4-17(23-18)24-5-7-26-8-6-24/h3-4,9-10,13H,1-2,5-8H2,(H2,22,25)/t13-/m1/s1. The van der Waals surface area contributed by atoms with E-state index in [9.17, 15) is 9.18 Å². The molecule has 2 aliphatic rings. The van der Waals surface area contributed by atoms with Gasteiger partial charge in [-0.1, -0.05) is 11.6 Å². The van der Waals surface area contributed by atoms with Gasteiger partial charge >= 0.3 is 0 Å². The van der Waals surface area contributed by atoms with E-state index in [1.54, 1.807) is 12.1 Å². The summed E-state index contributed by atoms with van der Waals surface area (Å²) in [5.41, 5.74) is 7.99. The zero-order valence-electron chi connectivity index (χ0n) is 14.2. The molecule has 0 saturated carbocycles. The Bertz CT molecular complexity index is 868. The maximum absolute atomic E-state index is 14.3. The van der Waals surface area contributed by atoms with Crippen molar-refractivity contribution in [1.29, 1.82) is 0 Å². The van der Waals surface area contributed by atoms with Crippen LogP contribution >= 0.6 is 11.6 Å². The Hall–Kier alpha value is -2.18. The molecule has 1 fully saturated rings. The molecule has 26 heavy (non-hydrogen) atoms. The second-order valence-electron chi connectivity index (χ2n) is 6.61. The number of carbonyl (C=O) groups excluding carboxylic acids is 1. The highest BCUT2D eigenvalue weighted by Crippen LogP contribution is 2.41. The molecule has 0 radical (unpaired) electrons. The summed E-state index contributed by atoms with van der Waals surface area (Å²) < 4.78 is 19.6. The molecule has 2 N–H and O–H groups in total. The lowest BCUT2D eigenvalue weighted by molar-refractivity contribution is 0.0998. The van der Waals surface area contributed by atoms with Gasteiger partial charge in [0.25, 0.3) is 5.91 Å². The zero-order valence-corrected chi connectivity index (χ0v) is 14.9. The van der Waals surface area contributed by atoms with Gasteiger partial charge in [-0.2, -0.15) is 0 Å². The van der Waals surface area contributed by atoms with Gasteiger partial charge in [-0.05, 0) is 48.2 Å². The predicted molar refractivity (Wildman–Crippen MR) is 97.4 cm³/mol. The first kappa shape index (κ1) is 17.2. The molecule has 0 unspecified atom stereocenters. The van der Waals surface area contributed by atoms with E-state index < -0.39 is 5.91 Å². The minimum absolute atomic E-state index is 0.193. The molecule has 1 saturated heterocycles. The molecule has 2 aromatic rings. The smallest absolute Gasteiger partial charge is 0.250 e. The largest absolute Gasteiger partial charge is 0.378 e. The summed E-state index contributed by atoms with van der Waals surface area (Å²) in [7, 11) is 0. The number of ether oxygens (including phenoxy) is 1. The van der Waals surface area contributed by atoms with Gasteiger partial charge < -0.3 is 15.4 Å². The van der Waals surface area contributed by atoms with E-state index in [0.717, 1.165) is 24.5 Å². The number of benzene rings is 1. The van der Waals surface area contributed by atoms with Crippen molar-refractivity contribution in [1.82, 2.24) is 4.98 Å². The number of carbonyl (C=O) groups is 1. The zero-order chi connectivity index (χ0) is 18.3. The monoisotopic (exact) mass is 375 g/mol. The van der Waals surface area contributed by atoms with Gasteiger partial charge in [-0.3, -0.25) is 4.79 Å². The maximum atomic E-state index is 14.3. The van der Waals surface area contributed by atoms with Crippen LogP contribution in [0, 0.1) is 5.82 Å². The first-order valence-electron chi connectivity index (χ1n) is 8.66. The summed E-state index contributed by atoms with van der Waals surface area (Å²) in [4.78, 5) is 18.8. The highest BCUT2D eigenvalue weighted by atomic mass is 35.5. The first-order chi connectivity index (χ1) is 12.5. The number of nitrogens with two attached hydrogens (primary N) is 1. The molecule has 1 aromatic heterocycles. The second-order valence-corrected chi connectivity index (χ2v) is 7.05. The van der Waals surface area contributed by atoms with Gasteiger partial charge in [-0.15, -0.1) is 0 Å². The van der Waals surface area contributed by atoms with Crippen LogP contribution in [-0.4, -0.2) is 37.2 Å². The van der Waals surface area contributed by atoms with Gasteiger partial charge in [0.1, 0.15) is 11.6 Å². The van der Waals surface area contributed by atoms with Gasteiger partial charge in [0.05, 0.1) is 24.5 Å². The number of amides is 1. The lowest BCUT2D eigenvalue weighted by Gasteiger charge is -2.29. The van der Waals surface area contributed by atoms with E-state index >= 15 is 0 Å². The number of morpholine rings is 1. The fraction of sp³-hybridized carbons (Fsp3) is 0.368. The Balaban J connectivity index is 1.80. The van der Waals surface area contributed by atoms with Crippen LogP contribution in [0.1, 0.15) is 39.5 Å². The van der Waals surface area contributed by atoms with Crippen molar-refractivity contribution in [2.24, 2.45) is 5.73 Å². The Labute approximate surface area is 155 Å². The molecule has 7 heteroatoms. The number of rotatable bonds is 3. The van der Waals surface area contributed by atoms with Crippen LogP contribution in [0.15, 0.2) is 24.3 Å². The van der Waals surface area contributed by atoms with E-state index in [1.807, 2.05) is 6.07 Å². The SMILES string of the molecule is NC(=O)c1ccc(N2CCOCC2)nc1[C@@H]1CCc2c(F)cc(Cl)cc21. The molecule has 0 bridgehead atoms. The van der Waals surface area contributed by atoms with Gasteiger partial charge in [0.15, 0.2) is 0 Å². The molecule has 4 rings (SSSR count). The minimum atomic E-state index is -0.531. The van der Waals surface area contributed by atoms with Gasteiger partial charge in [0, 0.05) is 24.0 Å². The highest BCUT2D eigenvalue weighted by molar-refractivity contribution is 6.30. The topological polar surface area (TPSA) is 68.5 Å². The third kappa shape index (κ3) is 3.04. The Morgan fingerprint density at radius 1 is 1.31 bits per heavy atom. The molecule has 1 amide bonds. The Morgan fingerprint density at radius 2 is 2.08 bits per heavy atom. The van der Waals surface area contributed by atoms with Crippen molar-refractivity contribution < 1.29 is 13.9 Å². The third-order valence-corrected chi connectivity index (χ3v) is 5.31. The van der Waals surface area contributed by atoms with E-state index in [-0.39, 0.29) is 11.7 Å². The number of nitrogens with zero attached hydrogens (tertiary/aromatic N) is 2. The third-order valence-electron chi connectivity index (χ3n) is 5.09. The molecular formula is C19H19ClFN3O2. The van der Waals surface area contributed by atoms with Crippen LogP contribution in [0.25, 0.3) is 0 Å². The summed E-state index contributed by atoms with van der Waals surface area (Å²) in [6, 6.07) is 6.62. The van der Waals surface area contributed by atoms with Crippen molar-refractivity contribution in [2.45, 2.75) is 18.8 Å². The van der Waals surface area contributed by atoms with Crippen molar-refractivity contribution in [2.75, 3.05) is 31.2 Å². The number of aromatic nitrogens is 1. The van der Waals surface area contributed by atoms with Crippen molar-refractivity contribution in [3.8, 4) is 0 Å². The van der Waals surface area contributed by atoms with E-state index in [0.29, 0.717) is 47.9 Å². The van der Waals surface area contributed by atoms with Crippen molar-refractivity contribution >= 4 is 23.3 Å². The average molecular weight is 376 g/mol. The quantitative estimate of drug-likeness (QED) is 0.895. The van der Waals surface area contributed by atoms with Crippen LogP contribution in [-0.2, 0) is 11.2 Å². The lowest BCUT2D eigenvalue weighted by atomic mass is 9.93. The average Bonchev–Trinajstić information content (AvgIpc) is 3.06. The van der Waals surface area contributed by atoms with Gasteiger partial charge in [-0.25, -0.2) is 9.37 Å². The number of pyridine rings is 1. The van der Waals surface area contributed by atoms with Crippen molar-refractivity contribution in [3.63, 3.8) is 0 Å². The molecule has 5 nitrogen and oxygen atoms in total. The number of primary amides is 1. The second kappa shape index (κ2) is 6.85. The van der Waals surface area contributed by atoms with E-state index in [2.05, 4.69) is 4.90 Å². The molecule has 1 atom stereocenters. The summed E-state index contributed by atoms with van der Waals surface area (Å²) in [5, 5.41) is 0.345. The number of halogens is 2. The van der Waals surface area contributed by atoms with Crippen LogP contribution in [0.2, 0.25) is 5.02 Å². The normalized spacial score (nSPS) is 19.5. The van der Waals surface area contributed by atoms with E-state index in [1.165, 1.54) is 6.07 Å². The molecule has 1 aliphatic heterocycles. The number of fused-ring (bicyclic) bond motifs is 1. The fourth-order valence-electron chi connectivity index (χ4n) is 3.83. The summed E-state index contributed by atoms with van der Waals surface area (Å²) in [5.74, 6) is -0.247. The fourth-order valence-corrected chi connectivity index (χ4v) is 4.05. The Kier molecular flexibility index (Phi) is 4.54. The van der Waals surface area contributed by atoms with Gasteiger partial charge in [0.2, 0.25) is 0 Å². The molecule has 1 aromatic carbocycles. The van der Waals surface area contributed by atoms with Crippen LogP contribution in [0.4, 0.5) is 10.2 Å². The minimum Gasteiger partial charge on any atom is -0.378 e. The number of hydrogen-bond acceptors (Lipinski definition) is 4. The van der Waals surface area contributed by atoms with Crippen LogP contribution in [0.3, 0.4) is 0 Å². The van der Waals surface area contributed by atoms with Crippen molar-refractivity contribution in [3.05, 3.63) is 57.5 Å². The van der Waals surface area contributed by atoms with Crippen LogP contribution < -0.4 is 10.6 Å².